The molecule has 0 aromatic carbocycles. The van der Waals surface area contributed by atoms with Crippen molar-refractivity contribution in [1.29, 1.82) is 0 Å². The van der Waals surface area contributed by atoms with Gasteiger partial charge in [-0.2, -0.15) is 0 Å². The minimum atomic E-state index is -1.06. The van der Waals surface area contributed by atoms with Crippen LogP contribution in [0.25, 0.3) is 0 Å². The second kappa shape index (κ2) is 9.90. The number of piperidine rings is 1. The van der Waals surface area contributed by atoms with Crippen LogP contribution >= 0.6 is 0 Å². The average Bonchev–Trinajstić information content (AvgIpc) is 3.13. The number of likely N-dealkylation sites (tertiary alicyclic amines) is 1. The lowest BCUT2D eigenvalue weighted by Gasteiger charge is -2.42. The zero-order chi connectivity index (χ0) is 24.7. The van der Waals surface area contributed by atoms with Gasteiger partial charge in [0.1, 0.15) is 11.9 Å². The number of alkyl halides is 1. The van der Waals surface area contributed by atoms with E-state index in [-0.39, 0.29) is 36.3 Å². The van der Waals surface area contributed by atoms with Crippen LogP contribution in [-0.4, -0.2) is 97.6 Å². The minimum absolute atomic E-state index is 0.0859. The van der Waals surface area contributed by atoms with Crippen molar-refractivity contribution in [2.75, 3.05) is 56.5 Å². The summed E-state index contributed by atoms with van der Waals surface area (Å²) >= 11 is 0. The Morgan fingerprint density at radius 2 is 1.94 bits per heavy atom. The van der Waals surface area contributed by atoms with Crippen LogP contribution in [0.4, 0.5) is 20.2 Å². The molecule has 11 nitrogen and oxygen atoms in total. The Kier molecular flexibility index (Phi) is 6.86. The van der Waals surface area contributed by atoms with Gasteiger partial charge in [0.25, 0.3) is 0 Å². The minimum Gasteiger partial charge on any atom is -0.367 e. The maximum atomic E-state index is 14.9. The number of likely N-dealkylation sites (N-methyl/N-ethyl adjacent to an activating group) is 1. The molecule has 4 unspecified atom stereocenters. The molecule has 5 rings (SSSR count). The number of nitrogens with two attached hydrogens (primary N) is 1. The molecule has 192 valence electrons. The molecule has 35 heavy (non-hydrogen) atoms. The van der Waals surface area contributed by atoms with Gasteiger partial charge in [-0.1, -0.05) is 0 Å². The summed E-state index contributed by atoms with van der Waals surface area (Å²) in [4.78, 5) is 33.6. The number of amides is 2. The van der Waals surface area contributed by atoms with Crippen molar-refractivity contribution in [1.82, 2.24) is 31.0 Å². The topological polar surface area (TPSA) is 131 Å². The predicted octanol–water partition coefficient (Wildman–Crippen LogP) is -1.21. The third-order valence-electron chi connectivity index (χ3n) is 7.52. The van der Waals surface area contributed by atoms with Crippen LogP contribution in [0.5, 0.6) is 0 Å². The summed E-state index contributed by atoms with van der Waals surface area (Å²) in [7, 11) is 1.89. The van der Waals surface area contributed by atoms with Gasteiger partial charge < -0.3 is 26.2 Å². The molecule has 4 fully saturated rings. The number of hydrazine groups is 1. The van der Waals surface area contributed by atoms with E-state index in [1.165, 1.54) is 6.20 Å². The number of anilines is 2. The van der Waals surface area contributed by atoms with Crippen LogP contribution in [0.2, 0.25) is 0 Å². The summed E-state index contributed by atoms with van der Waals surface area (Å²) in [5.74, 6) is -1.59. The number of halogens is 2. The van der Waals surface area contributed by atoms with Gasteiger partial charge in [0.05, 0.1) is 36.3 Å². The molecule has 4 saturated heterocycles. The summed E-state index contributed by atoms with van der Waals surface area (Å²) in [5, 5.41) is 10.6. The zero-order valence-corrected chi connectivity index (χ0v) is 19.7. The lowest BCUT2D eigenvalue weighted by Crippen LogP contribution is -2.60. The number of aromatic nitrogens is 1. The van der Waals surface area contributed by atoms with E-state index in [4.69, 9.17) is 5.73 Å². The molecule has 5 heterocycles. The number of carbonyl (C=O) groups excluding carboxylic acids is 2. The van der Waals surface area contributed by atoms with Crippen molar-refractivity contribution in [2.45, 2.75) is 37.4 Å². The first kappa shape index (κ1) is 24.3. The molecule has 0 bridgehead atoms. The number of rotatable bonds is 5. The largest absolute Gasteiger partial charge is 0.367 e. The summed E-state index contributed by atoms with van der Waals surface area (Å²) in [6.07, 6.45) is 1.51. The van der Waals surface area contributed by atoms with Gasteiger partial charge in [0.2, 0.25) is 11.8 Å². The van der Waals surface area contributed by atoms with Crippen LogP contribution in [0, 0.1) is 17.7 Å². The Hall–Kier alpha value is -2.45. The van der Waals surface area contributed by atoms with E-state index in [9.17, 15) is 18.4 Å². The number of carbonyl (C=O) groups is 2. The van der Waals surface area contributed by atoms with Gasteiger partial charge in [-0.3, -0.25) is 19.9 Å². The number of nitrogens with one attached hydrogen (secondary N) is 4. The Morgan fingerprint density at radius 1 is 1.20 bits per heavy atom. The average molecular weight is 494 g/mol. The van der Waals surface area contributed by atoms with Crippen molar-refractivity contribution in [3.63, 3.8) is 0 Å². The highest BCUT2D eigenvalue weighted by atomic mass is 19.1. The summed E-state index contributed by atoms with van der Waals surface area (Å²) in [5.41, 5.74) is 9.59. The SMILES string of the molecule is CNC1CN(C(=O)C2CCN(c3c(F)cncc3NC(=O)C3C(N)NN4CC(F)CNC34)CC2)C1. The third kappa shape index (κ3) is 4.70. The van der Waals surface area contributed by atoms with Crippen LogP contribution in [0.15, 0.2) is 12.4 Å². The fraction of sp³-hybridized carbons (Fsp3) is 0.682. The third-order valence-corrected chi connectivity index (χ3v) is 7.52. The van der Waals surface area contributed by atoms with Crippen molar-refractivity contribution < 1.29 is 18.4 Å². The Bertz CT molecular complexity index is 955. The second-order valence-electron chi connectivity index (χ2n) is 9.78. The van der Waals surface area contributed by atoms with E-state index < -0.39 is 36.1 Å². The molecule has 0 aliphatic carbocycles. The van der Waals surface area contributed by atoms with Gasteiger partial charge >= 0.3 is 0 Å². The van der Waals surface area contributed by atoms with E-state index in [0.717, 1.165) is 19.3 Å². The molecule has 1 aromatic rings. The van der Waals surface area contributed by atoms with Crippen molar-refractivity contribution in [3.8, 4) is 0 Å². The molecular weight excluding hydrogens is 460 g/mol. The number of hydrogen-bond donors (Lipinski definition) is 5. The van der Waals surface area contributed by atoms with E-state index in [0.29, 0.717) is 32.0 Å². The molecule has 4 aliphatic heterocycles. The summed E-state index contributed by atoms with van der Waals surface area (Å²) in [6, 6.07) is 0.355. The Morgan fingerprint density at radius 3 is 2.66 bits per heavy atom. The zero-order valence-electron chi connectivity index (χ0n) is 19.7. The van der Waals surface area contributed by atoms with E-state index in [1.54, 1.807) is 5.01 Å². The molecule has 0 spiro atoms. The van der Waals surface area contributed by atoms with Gasteiger partial charge in [0.15, 0.2) is 5.82 Å². The highest BCUT2D eigenvalue weighted by Gasteiger charge is 2.47. The fourth-order valence-electron chi connectivity index (χ4n) is 5.49. The van der Waals surface area contributed by atoms with Gasteiger partial charge in [-0.25, -0.2) is 19.2 Å². The van der Waals surface area contributed by atoms with Crippen LogP contribution in [0.1, 0.15) is 12.8 Å². The molecule has 2 amide bonds. The van der Waals surface area contributed by atoms with Crippen molar-refractivity contribution >= 4 is 23.2 Å². The normalized spacial score (nSPS) is 30.2. The number of nitrogens with zero attached hydrogens (tertiary/aromatic N) is 4. The maximum absolute atomic E-state index is 14.9. The molecule has 4 atom stereocenters. The monoisotopic (exact) mass is 493 g/mol. The highest BCUT2D eigenvalue weighted by molar-refractivity contribution is 5.96. The molecule has 13 heteroatoms. The van der Waals surface area contributed by atoms with Crippen molar-refractivity contribution in [2.24, 2.45) is 17.6 Å². The van der Waals surface area contributed by atoms with E-state index >= 15 is 0 Å². The van der Waals surface area contributed by atoms with Crippen LogP contribution < -0.4 is 32.0 Å². The fourth-order valence-corrected chi connectivity index (χ4v) is 5.49. The van der Waals surface area contributed by atoms with Crippen molar-refractivity contribution in [3.05, 3.63) is 18.2 Å². The summed E-state index contributed by atoms with van der Waals surface area (Å²) in [6.45, 7) is 2.69. The van der Waals surface area contributed by atoms with Gasteiger partial charge in [-0.15, -0.1) is 0 Å². The van der Waals surface area contributed by atoms with E-state index in [2.05, 4.69) is 26.4 Å². The van der Waals surface area contributed by atoms with E-state index in [1.807, 2.05) is 16.8 Å². The number of hydrogen-bond acceptors (Lipinski definition) is 9. The standard InChI is InChI=1S/C22H33F2N9O2/c1-26-14-10-32(11-14)22(35)12-2-4-31(5-3-12)18-15(24)7-27-8-16(18)29-21(34)17-19(25)30-33-9-13(23)6-28-20(17)33/h7-8,12-14,17,19-20,26,28,30H,2-6,9-11,25H2,1H3,(H,29,34). The molecule has 6 N–H and O–H groups in total. The maximum Gasteiger partial charge on any atom is 0.233 e. The Labute approximate surface area is 202 Å². The lowest BCUT2D eigenvalue weighted by molar-refractivity contribution is -0.141. The smallest absolute Gasteiger partial charge is 0.233 e. The van der Waals surface area contributed by atoms with Gasteiger partial charge in [0, 0.05) is 51.2 Å². The highest BCUT2D eigenvalue weighted by Crippen LogP contribution is 2.34. The second-order valence-corrected chi connectivity index (χ2v) is 9.78. The predicted molar refractivity (Wildman–Crippen MR) is 125 cm³/mol. The molecular formula is C22H33F2N9O2. The van der Waals surface area contributed by atoms with Crippen LogP contribution in [0.3, 0.4) is 0 Å². The molecule has 4 aliphatic rings. The van der Waals surface area contributed by atoms with Crippen LogP contribution in [-0.2, 0) is 9.59 Å². The first-order valence-electron chi connectivity index (χ1n) is 12.2. The first-order valence-corrected chi connectivity index (χ1v) is 12.2. The quantitative estimate of drug-likeness (QED) is 0.343. The number of fused-ring (bicyclic) bond motifs is 1. The number of pyridine rings is 1. The molecule has 0 radical (unpaired) electrons. The summed E-state index contributed by atoms with van der Waals surface area (Å²) < 4.78 is 28.7. The van der Waals surface area contributed by atoms with Gasteiger partial charge in [-0.05, 0) is 19.9 Å². The Balaban J connectivity index is 1.24. The lowest BCUT2D eigenvalue weighted by atomic mass is 9.93. The molecule has 1 aromatic heterocycles. The molecule has 0 saturated carbocycles. The first-order chi connectivity index (χ1) is 16.9.